The Morgan fingerprint density at radius 3 is 2.48 bits per heavy atom. The van der Waals surface area contributed by atoms with Crippen molar-refractivity contribution in [3.8, 4) is 0 Å². The molecule has 2 heterocycles. The topological polar surface area (TPSA) is 54.9 Å². The fraction of sp³-hybridized carbons (Fsp3) is 0.429. The number of halogens is 1. The highest BCUT2D eigenvalue weighted by molar-refractivity contribution is 7.99. The number of carbonyl (C=O) groups excluding carboxylic acids is 1. The molecule has 0 bridgehead atoms. The van der Waals surface area contributed by atoms with Crippen molar-refractivity contribution in [3.63, 3.8) is 0 Å². The Balaban J connectivity index is 1.80. The van der Waals surface area contributed by atoms with E-state index < -0.39 is 5.60 Å². The van der Waals surface area contributed by atoms with Crippen LogP contribution in [-0.2, 0) is 15.1 Å². The van der Waals surface area contributed by atoms with Gasteiger partial charge in [0, 0.05) is 70.3 Å². The molecule has 0 aliphatic carbocycles. The summed E-state index contributed by atoms with van der Waals surface area (Å²) < 4.78 is 25.6. The molecule has 0 N–H and O–H groups in total. The zero-order valence-corrected chi connectivity index (χ0v) is 18.0. The number of hydrogen-bond acceptors (Lipinski definition) is 5. The number of methoxy groups -OCH3 is 1. The summed E-state index contributed by atoms with van der Waals surface area (Å²) >= 11 is 1.42. The summed E-state index contributed by atoms with van der Waals surface area (Å²) in [5.41, 5.74) is 0.305. The first-order valence-corrected chi connectivity index (χ1v) is 10.2. The third-order valence-electron chi connectivity index (χ3n) is 5.06. The van der Waals surface area contributed by atoms with Crippen molar-refractivity contribution in [3.05, 3.63) is 47.9 Å². The second-order valence-electron chi connectivity index (χ2n) is 7.18. The smallest absolute Gasteiger partial charge is 0.324 e. The van der Waals surface area contributed by atoms with Crippen LogP contribution in [0.2, 0.25) is 0 Å². The van der Waals surface area contributed by atoms with Crippen LogP contribution in [-0.4, -0.2) is 57.4 Å². The van der Waals surface area contributed by atoms with Gasteiger partial charge in [-0.05, 0) is 35.9 Å². The molecule has 6 nitrogen and oxygen atoms in total. The summed E-state index contributed by atoms with van der Waals surface area (Å²) in [6, 6.07) is 8.51. The van der Waals surface area contributed by atoms with Crippen LogP contribution in [0.1, 0.15) is 18.4 Å². The summed E-state index contributed by atoms with van der Waals surface area (Å²) in [4.78, 5) is 21.0. The third-order valence-corrected chi connectivity index (χ3v) is 6.01. The van der Waals surface area contributed by atoms with Crippen molar-refractivity contribution in [2.75, 3.05) is 46.4 Å². The summed E-state index contributed by atoms with van der Waals surface area (Å²) in [6.07, 6.45) is 3.07. The molecule has 8 heteroatoms. The normalized spacial score (nSPS) is 15.8. The first-order valence-electron chi connectivity index (χ1n) is 9.37. The number of pyridine rings is 1. The van der Waals surface area contributed by atoms with Gasteiger partial charge in [-0.15, -0.1) is 0 Å². The predicted molar refractivity (Wildman–Crippen MR) is 111 cm³/mol. The van der Waals surface area contributed by atoms with E-state index in [1.165, 1.54) is 27.6 Å². The fourth-order valence-corrected chi connectivity index (χ4v) is 4.23. The van der Waals surface area contributed by atoms with Crippen molar-refractivity contribution in [1.29, 1.82) is 0 Å². The zero-order valence-electron chi connectivity index (χ0n) is 17.1. The minimum atomic E-state index is -0.521. The van der Waals surface area contributed by atoms with E-state index in [-0.39, 0.29) is 11.8 Å². The minimum Gasteiger partial charge on any atom is -0.381 e. The molecular formula is C21H26FN3O3S. The molecule has 0 radical (unpaired) electrons. The lowest BCUT2D eigenvalue weighted by Gasteiger charge is -2.36. The van der Waals surface area contributed by atoms with Gasteiger partial charge >= 0.3 is 6.03 Å². The van der Waals surface area contributed by atoms with Crippen LogP contribution in [0.4, 0.5) is 15.0 Å². The maximum Gasteiger partial charge on any atom is 0.324 e. The van der Waals surface area contributed by atoms with Crippen molar-refractivity contribution in [1.82, 2.24) is 9.88 Å². The first kappa shape index (κ1) is 21.5. The van der Waals surface area contributed by atoms with Crippen molar-refractivity contribution < 1.29 is 18.7 Å². The molecule has 2 aromatic rings. The fourth-order valence-electron chi connectivity index (χ4n) is 3.36. The highest BCUT2D eigenvalue weighted by Gasteiger charge is 2.35. The quantitative estimate of drug-likeness (QED) is 0.729. The second kappa shape index (κ2) is 9.11. The van der Waals surface area contributed by atoms with Gasteiger partial charge in [-0.2, -0.15) is 0 Å². The van der Waals surface area contributed by atoms with Crippen LogP contribution in [0, 0.1) is 5.82 Å². The molecule has 1 aromatic heterocycles. The molecule has 1 aliphatic rings. The van der Waals surface area contributed by atoms with Crippen LogP contribution in [0.15, 0.2) is 46.3 Å². The van der Waals surface area contributed by atoms with Crippen molar-refractivity contribution in [2.45, 2.75) is 28.2 Å². The van der Waals surface area contributed by atoms with Gasteiger partial charge in [-0.3, -0.25) is 4.90 Å². The number of aromatic nitrogens is 1. The average molecular weight is 420 g/mol. The largest absolute Gasteiger partial charge is 0.381 e. The first-order chi connectivity index (χ1) is 13.8. The van der Waals surface area contributed by atoms with E-state index in [0.717, 1.165) is 15.4 Å². The second-order valence-corrected chi connectivity index (χ2v) is 8.32. The standard InChI is InChI=1S/C21H26FN3O3S/c1-24(2)20(26)25(3)19-6-5-17(14-23-19)29-18-12-15(11-16(22)13-18)21(27-4)7-9-28-10-8-21/h5-6,11-14H,7-10H2,1-4H3. The highest BCUT2D eigenvalue weighted by Crippen LogP contribution is 2.38. The Hall–Kier alpha value is -2.16. The number of anilines is 1. The number of rotatable bonds is 5. The molecule has 0 saturated carbocycles. The highest BCUT2D eigenvalue weighted by atomic mass is 32.2. The lowest BCUT2D eigenvalue weighted by Crippen LogP contribution is -2.36. The molecule has 0 spiro atoms. The van der Waals surface area contributed by atoms with Gasteiger partial charge in [0.2, 0.25) is 0 Å². The molecule has 1 aromatic carbocycles. The Morgan fingerprint density at radius 1 is 1.17 bits per heavy atom. The third kappa shape index (κ3) is 4.88. The minimum absolute atomic E-state index is 0.158. The van der Waals surface area contributed by atoms with E-state index in [9.17, 15) is 9.18 Å². The van der Waals surface area contributed by atoms with Gasteiger partial charge in [0.05, 0.1) is 5.60 Å². The lowest BCUT2D eigenvalue weighted by molar-refractivity contribution is -0.0950. The summed E-state index contributed by atoms with van der Waals surface area (Å²) in [6.45, 7) is 1.19. The number of hydrogen-bond donors (Lipinski definition) is 0. The number of nitrogens with zero attached hydrogens (tertiary/aromatic N) is 3. The van der Waals surface area contributed by atoms with Crippen LogP contribution in [0.25, 0.3) is 0 Å². The summed E-state index contributed by atoms with van der Waals surface area (Å²) in [5.74, 6) is 0.252. The maximum atomic E-state index is 14.4. The molecule has 0 unspecified atom stereocenters. The lowest BCUT2D eigenvalue weighted by atomic mass is 9.86. The monoisotopic (exact) mass is 419 g/mol. The van der Waals surface area contributed by atoms with E-state index >= 15 is 0 Å². The molecule has 1 aliphatic heterocycles. The van der Waals surface area contributed by atoms with Gasteiger partial charge in [-0.25, -0.2) is 14.2 Å². The predicted octanol–water partition coefficient (Wildman–Crippen LogP) is 4.14. The average Bonchev–Trinajstić information content (AvgIpc) is 2.73. The van der Waals surface area contributed by atoms with E-state index in [4.69, 9.17) is 9.47 Å². The van der Waals surface area contributed by atoms with E-state index in [0.29, 0.717) is 31.9 Å². The number of amides is 2. The molecule has 1 fully saturated rings. The SMILES string of the molecule is COC1(c2cc(F)cc(Sc3ccc(N(C)C(=O)N(C)C)nc3)c2)CCOCC1. The Bertz CT molecular complexity index is 855. The molecule has 0 atom stereocenters. The van der Waals surface area contributed by atoms with Crippen LogP contribution >= 0.6 is 11.8 Å². The number of carbonyl (C=O) groups is 1. The zero-order chi connectivity index (χ0) is 21.0. The van der Waals surface area contributed by atoms with Gasteiger partial charge in [0.25, 0.3) is 0 Å². The van der Waals surface area contributed by atoms with Gasteiger partial charge < -0.3 is 14.4 Å². The Labute approximate surface area is 175 Å². The Morgan fingerprint density at radius 2 is 1.90 bits per heavy atom. The number of urea groups is 1. The molecule has 3 rings (SSSR count). The molecule has 29 heavy (non-hydrogen) atoms. The summed E-state index contributed by atoms with van der Waals surface area (Å²) in [7, 11) is 6.72. The Kier molecular flexibility index (Phi) is 6.77. The summed E-state index contributed by atoms with van der Waals surface area (Å²) in [5, 5.41) is 0. The molecule has 156 valence electrons. The maximum absolute atomic E-state index is 14.4. The van der Waals surface area contributed by atoms with Crippen LogP contribution in [0.3, 0.4) is 0 Å². The van der Waals surface area contributed by atoms with Gasteiger partial charge in [-0.1, -0.05) is 11.8 Å². The van der Waals surface area contributed by atoms with Crippen LogP contribution < -0.4 is 4.90 Å². The van der Waals surface area contributed by atoms with Crippen LogP contribution in [0.5, 0.6) is 0 Å². The number of benzene rings is 1. The van der Waals surface area contributed by atoms with E-state index in [1.54, 1.807) is 46.6 Å². The van der Waals surface area contributed by atoms with Crippen molar-refractivity contribution in [2.24, 2.45) is 0 Å². The van der Waals surface area contributed by atoms with Crippen molar-refractivity contribution >= 4 is 23.6 Å². The van der Waals surface area contributed by atoms with E-state index in [1.807, 2.05) is 12.1 Å². The van der Waals surface area contributed by atoms with E-state index in [2.05, 4.69) is 4.98 Å². The molecule has 1 saturated heterocycles. The molecular weight excluding hydrogens is 393 g/mol. The van der Waals surface area contributed by atoms with Gasteiger partial charge in [0.1, 0.15) is 11.6 Å². The molecule has 2 amide bonds. The van der Waals surface area contributed by atoms with Gasteiger partial charge in [0.15, 0.2) is 0 Å². The number of ether oxygens (including phenoxy) is 2.